The lowest BCUT2D eigenvalue weighted by molar-refractivity contribution is 0.0951. The molecule has 0 unspecified atom stereocenters. The maximum Gasteiger partial charge on any atom is 0.251 e. The molecule has 0 aliphatic carbocycles. The van der Waals surface area contributed by atoms with Gasteiger partial charge in [-0.25, -0.2) is 4.39 Å². The molecule has 28 heavy (non-hydrogen) atoms. The Morgan fingerprint density at radius 3 is 2.46 bits per heavy atom. The number of aryl methyl sites for hydroxylation is 1. The first-order valence-corrected chi connectivity index (χ1v) is 9.12. The number of hydrogen-bond donors (Lipinski definition) is 1. The van der Waals surface area contributed by atoms with Gasteiger partial charge in [0.25, 0.3) is 5.91 Å². The van der Waals surface area contributed by atoms with Crippen LogP contribution in [0, 0.1) is 12.7 Å². The van der Waals surface area contributed by atoms with Crippen LogP contribution in [0.1, 0.15) is 27.0 Å². The molecule has 4 nitrogen and oxygen atoms in total. The summed E-state index contributed by atoms with van der Waals surface area (Å²) in [4.78, 5) is 12.5. The zero-order valence-electron chi connectivity index (χ0n) is 15.5. The first kappa shape index (κ1) is 17.9. The zero-order valence-corrected chi connectivity index (χ0v) is 15.5. The minimum absolute atomic E-state index is 0.172. The highest BCUT2D eigenvalue weighted by Crippen LogP contribution is 2.18. The monoisotopic (exact) mass is 373 g/mol. The van der Waals surface area contributed by atoms with E-state index in [2.05, 4.69) is 41.6 Å². The van der Waals surface area contributed by atoms with Gasteiger partial charge >= 0.3 is 0 Å². The number of amides is 1. The summed E-state index contributed by atoms with van der Waals surface area (Å²) in [7, 11) is 0. The van der Waals surface area contributed by atoms with Gasteiger partial charge in [0.1, 0.15) is 5.82 Å². The second-order valence-electron chi connectivity index (χ2n) is 6.87. The molecule has 0 saturated carbocycles. The van der Waals surface area contributed by atoms with E-state index in [1.165, 1.54) is 17.7 Å². The molecule has 0 bridgehead atoms. The Morgan fingerprint density at radius 2 is 1.71 bits per heavy atom. The van der Waals surface area contributed by atoms with Crippen LogP contribution < -0.4 is 5.32 Å². The Kier molecular flexibility index (Phi) is 4.89. The van der Waals surface area contributed by atoms with Crippen LogP contribution in [0.4, 0.5) is 4.39 Å². The van der Waals surface area contributed by atoms with E-state index in [1.807, 2.05) is 23.0 Å². The summed E-state index contributed by atoms with van der Waals surface area (Å²) in [5.74, 6) is -0.461. The maximum absolute atomic E-state index is 13.0. The number of hydrogen-bond acceptors (Lipinski definition) is 2. The van der Waals surface area contributed by atoms with E-state index in [-0.39, 0.29) is 11.7 Å². The normalized spacial score (nSPS) is 10.9. The number of carbonyl (C=O) groups is 1. The molecule has 1 N–H and O–H groups in total. The van der Waals surface area contributed by atoms with E-state index in [1.54, 1.807) is 18.2 Å². The third kappa shape index (κ3) is 3.93. The van der Waals surface area contributed by atoms with Crippen LogP contribution in [0.3, 0.4) is 0 Å². The third-order valence-corrected chi connectivity index (χ3v) is 4.73. The summed E-state index contributed by atoms with van der Waals surface area (Å²) in [6.07, 6.45) is 1.81. The van der Waals surface area contributed by atoms with Gasteiger partial charge in [-0.3, -0.25) is 9.48 Å². The van der Waals surface area contributed by atoms with Crippen LogP contribution in [-0.2, 0) is 13.1 Å². The molecule has 0 fully saturated rings. The number of halogens is 1. The standard InChI is InChI=1S/C23H20FN3O/c1-16-2-4-18(5-3-16)15-27-22-12-19(8-9-20(22)14-26-27)23(28)25-13-17-6-10-21(24)11-7-17/h2-12,14H,13,15H2,1H3,(H,25,28). The number of carbonyl (C=O) groups excluding carboxylic acids is 1. The van der Waals surface area contributed by atoms with E-state index in [0.29, 0.717) is 18.7 Å². The number of fused-ring (bicyclic) bond motifs is 1. The fourth-order valence-corrected chi connectivity index (χ4v) is 3.09. The van der Waals surface area contributed by atoms with E-state index < -0.39 is 0 Å². The van der Waals surface area contributed by atoms with Gasteiger partial charge in [0.2, 0.25) is 0 Å². The highest BCUT2D eigenvalue weighted by Gasteiger charge is 2.10. The Morgan fingerprint density at radius 1 is 1.00 bits per heavy atom. The molecule has 3 aromatic carbocycles. The summed E-state index contributed by atoms with van der Waals surface area (Å²) in [5.41, 5.74) is 4.70. The first-order valence-electron chi connectivity index (χ1n) is 9.12. The zero-order chi connectivity index (χ0) is 19.5. The van der Waals surface area contributed by atoms with Crippen molar-refractivity contribution >= 4 is 16.8 Å². The molecule has 0 saturated heterocycles. The number of nitrogens with zero attached hydrogens (tertiary/aromatic N) is 2. The quantitative estimate of drug-likeness (QED) is 0.561. The predicted octanol–water partition coefficient (Wildman–Crippen LogP) is 4.46. The van der Waals surface area contributed by atoms with Crippen LogP contribution >= 0.6 is 0 Å². The van der Waals surface area contributed by atoms with Crippen molar-refractivity contribution in [3.8, 4) is 0 Å². The molecule has 0 atom stereocenters. The molecule has 5 heteroatoms. The average molecular weight is 373 g/mol. The lowest BCUT2D eigenvalue weighted by atomic mass is 10.1. The summed E-state index contributed by atoms with van der Waals surface area (Å²) < 4.78 is 14.9. The number of benzene rings is 3. The molecule has 0 aliphatic heterocycles. The van der Waals surface area contributed by atoms with Crippen molar-refractivity contribution in [2.24, 2.45) is 0 Å². The predicted molar refractivity (Wildman–Crippen MR) is 108 cm³/mol. The molecular weight excluding hydrogens is 353 g/mol. The van der Waals surface area contributed by atoms with E-state index in [0.717, 1.165) is 22.0 Å². The molecule has 1 heterocycles. The van der Waals surface area contributed by atoms with Gasteiger partial charge in [0.05, 0.1) is 18.3 Å². The number of aromatic nitrogens is 2. The summed E-state index contributed by atoms with van der Waals surface area (Å²) in [6, 6.07) is 20.0. The highest BCUT2D eigenvalue weighted by molar-refractivity contribution is 5.97. The van der Waals surface area contributed by atoms with Gasteiger partial charge < -0.3 is 5.32 Å². The maximum atomic E-state index is 13.0. The van der Waals surface area contributed by atoms with E-state index in [4.69, 9.17) is 0 Å². The minimum atomic E-state index is -0.289. The van der Waals surface area contributed by atoms with E-state index >= 15 is 0 Å². The Bertz CT molecular complexity index is 1120. The highest BCUT2D eigenvalue weighted by atomic mass is 19.1. The third-order valence-electron chi connectivity index (χ3n) is 4.73. The number of nitrogens with one attached hydrogen (secondary N) is 1. The van der Waals surface area contributed by atoms with Gasteiger partial charge in [-0.1, -0.05) is 48.0 Å². The van der Waals surface area contributed by atoms with Crippen molar-refractivity contribution in [2.45, 2.75) is 20.0 Å². The largest absolute Gasteiger partial charge is 0.348 e. The molecule has 140 valence electrons. The smallest absolute Gasteiger partial charge is 0.251 e. The van der Waals surface area contributed by atoms with Gasteiger partial charge in [-0.15, -0.1) is 0 Å². The SMILES string of the molecule is Cc1ccc(Cn2ncc3ccc(C(=O)NCc4ccc(F)cc4)cc32)cc1. The van der Waals surface area contributed by atoms with Crippen molar-refractivity contribution in [1.82, 2.24) is 15.1 Å². The first-order chi connectivity index (χ1) is 13.6. The molecule has 0 radical (unpaired) electrons. The summed E-state index contributed by atoms with van der Waals surface area (Å²) >= 11 is 0. The Hall–Kier alpha value is -3.47. The average Bonchev–Trinajstić information content (AvgIpc) is 3.11. The van der Waals surface area contributed by atoms with Gasteiger partial charge in [0, 0.05) is 17.5 Å². The number of rotatable bonds is 5. The van der Waals surface area contributed by atoms with Crippen LogP contribution in [0.5, 0.6) is 0 Å². The molecule has 1 amide bonds. The lowest BCUT2D eigenvalue weighted by Gasteiger charge is -2.08. The molecule has 4 aromatic rings. The molecule has 4 rings (SSSR count). The van der Waals surface area contributed by atoms with Crippen molar-refractivity contribution in [2.75, 3.05) is 0 Å². The van der Waals surface area contributed by atoms with Crippen LogP contribution in [0.25, 0.3) is 10.9 Å². The van der Waals surface area contributed by atoms with Crippen LogP contribution in [0.2, 0.25) is 0 Å². The molecule has 0 spiro atoms. The van der Waals surface area contributed by atoms with Gasteiger partial charge in [-0.2, -0.15) is 5.10 Å². The van der Waals surface area contributed by atoms with Crippen molar-refractivity contribution < 1.29 is 9.18 Å². The molecule has 0 aliphatic rings. The van der Waals surface area contributed by atoms with Crippen LogP contribution in [-0.4, -0.2) is 15.7 Å². The fraction of sp³-hybridized carbons (Fsp3) is 0.130. The van der Waals surface area contributed by atoms with E-state index in [9.17, 15) is 9.18 Å². The topological polar surface area (TPSA) is 46.9 Å². The molecular formula is C23H20FN3O. The van der Waals surface area contributed by atoms with Gasteiger partial charge in [-0.05, 0) is 42.3 Å². The summed E-state index contributed by atoms with van der Waals surface area (Å²) in [5, 5.41) is 8.33. The Balaban J connectivity index is 1.52. The minimum Gasteiger partial charge on any atom is -0.348 e. The second kappa shape index (κ2) is 7.64. The summed E-state index contributed by atoms with van der Waals surface area (Å²) in [6.45, 7) is 3.05. The fourth-order valence-electron chi connectivity index (χ4n) is 3.09. The van der Waals surface area contributed by atoms with Crippen molar-refractivity contribution in [3.63, 3.8) is 0 Å². The van der Waals surface area contributed by atoms with Crippen LogP contribution in [0.15, 0.2) is 72.9 Å². The second-order valence-corrected chi connectivity index (χ2v) is 6.87. The lowest BCUT2D eigenvalue weighted by Crippen LogP contribution is -2.22. The molecule has 1 aromatic heterocycles. The Labute approximate surface area is 162 Å². The van der Waals surface area contributed by atoms with Crippen molar-refractivity contribution in [3.05, 3.63) is 101 Å². The van der Waals surface area contributed by atoms with Crippen molar-refractivity contribution in [1.29, 1.82) is 0 Å². The van der Waals surface area contributed by atoms with Gasteiger partial charge in [0.15, 0.2) is 0 Å².